The van der Waals surface area contributed by atoms with Crippen molar-refractivity contribution in [3.63, 3.8) is 0 Å². The van der Waals surface area contributed by atoms with Gasteiger partial charge in [-0.25, -0.2) is 9.97 Å². The van der Waals surface area contributed by atoms with Crippen molar-refractivity contribution in [1.82, 2.24) is 9.97 Å². The first kappa shape index (κ1) is 12.3. The van der Waals surface area contributed by atoms with Crippen LogP contribution in [0.2, 0.25) is 0 Å². The minimum atomic E-state index is -0.245. The molecule has 0 atom stereocenters. The maximum Gasteiger partial charge on any atom is 0.217 e. The summed E-state index contributed by atoms with van der Waals surface area (Å²) in [4.78, 5) is 21.1. The van der Waals surface area contributed by atoms with E-state index >= 15 is 0 Å². The molecule has 0 unspecified atom stereocenters. The lowest BCUT2D eigenvalue weighted by Gasteiger charge is -2.32. The lowest BCUT2D eigenvalue weighted by molar-refractivity contribution is -0.119. The SMILES string of the molecule is N#Cc1nccnc1N1CCC(CC(N)=O)CC1. The fraction of sp³-hybridized carbons (Fsp3) is 0.500. The van der Waals surface area contributed by atoms with Crippen LogP contribution < -0.4 is 10.6 Å². The minimum absolute atomic E-state index is 0.245. The van der Waals surface area contributed by atoms with E-state index in [9.17, 15) is 4.79 Å². The van der Waals surface area contributed by atoms with Gasteiger partial charge in [-0.2, -0.15) is 5.26 Å². The van der Waals surface area contributed by atoms with E-state index in [1.807, 2.05) is 11.0 Å². The summed E-state index contributed by atoms with van der Waals surface area (Å²) in [5.41, 5.74) is 5.55. The Morgan fingerprint density at radius 2 is 2.11 bits per heavy atom. The molecule has 2 N–H and O–H groups in total. The fourth-order valence-electron chi connectivity index (χ4n) is 2.27. The van der Waals surface area contributed by atoms with Crippen molar-refractivity contribution in [1.29, 1.82) is 5.26 Å². The molecule has 2 rings (SSSR count). The number of hydrogen-bond acceptors (Lipinski definition) is 5. The van der Waals surface area contributed by atoms with Gasteiger partial charge in [0.2, 0.25) is 5.91 Å². The Kier molecular flexibility index (Phi) is 3.72. The number of carbonyl (C=O) groups is 1. The van der Waals surface area contributed by atoms with Gasteiger partial charge in [0, 0.05) is 31.9 Å². The summed E-state index contributed by atoms with van der Waals surface area (Å²) in [5.74, 6) is 0.740. The van der Waals surface area contributed by atoms with Crippen molar-refractivity contribution >= 4 is 11.7 Å². The van der Waals surface area contributed by atoms with Crippen LogP contribution in [-0.4, -0.2) is 29.0 Å². The zero-order valence-corrected chi connectivity index (χ0v) is 10.0. The van der Waals surface area contributed by atoms with Gasteiger partial charge in [0.25, 0.3) is 0 Å². The monoisotopic (exact) mass is 245 g/mol. The van der Waals surface area contributed by atoms with Crippen LogP contribution in [0.1, 0.15) is 25.0 Å². The molecule has 1 aromatic rings. The summed E-state index contributed by atoms with van der Waals surface area (Å²) in [5, 5.41) is 8.98. The maximum absolute atomic E-state index is 10.9. The Morgan fingerprint density at radius 1 is 1.44 bits per heavy atom. The van der Waals surface area contributed by atoms with Crippen molar-refractivity contribution in [3.8, 4) is 6.07 Å². The number of piperidine rings is 1. The van der Waals surface area contributed by atoms with E-state index in [4.69, 9.17) is 11.0 Å². The molecule has 1 aromatic heterocycles. The molecule has 6 nitrogen and oxygen atoms in total. The van der Waals surface area contributed by atoms with Crippen LogP contribution in [0.25, 0.3) is 0 Å². The average Bonchev–Trinajstić information content (AvgIpc) is 2.39. The molecule has 1 fully saturated rings. The van der Waals surface area contributed by atoms with Crippen molar-refractivity contribution in [2.45, 2.75) is 19.3 Å². The van der Waals surface area contributed by atoms with Gasteiger partial charge < -0.3 is 10.6 Å². The second-order valence-corrected chi connectivity index (χ2v) is 4.44. The molecule has 6 heteroatoms. The van der Waals surface area contributed by atoms with E-state index in [0.29, 0.717) is 23.9 Å². The first-order valence-electron chi connectivity index (χ1n) is 5.95. The molecule has 2 heterocycles. The van der Waals surface area contributed by atoms with Crippen LogP contribution in [0.4, 0.5) is 5.82 Å². The van der Waals surface area contributed by atoms with Crippen molar-refractivity contribution in [2.75, 3.05) is 18.0 Å². The predicted octanol–water partition coefficient (Wildman–Crippen LogP) is 0.440. The highest BCUT2D eigenvalue weighted by atomic mass is 16.1. The first-order valence-corrected chi connectivity index (χ1v) is 5.95. The molecule has 1 aliphatic heterocycles. The normalized spacial score (nSPS) is 16.3. The highest BCUT2D eigenvalue weighted by molar-refractivity contribution is 5.74. The molecular formula is C12H15N5O. The lowest BCUT2D eigenvalue weighted by atomic mass is 9.93. The van der Waals surface area contributed by atoms with Crippen LogP contribution in [0.5, 0.6) is 0 Å². The second-order valence-electron chi connectivity index (χ2n) is 4.44. The van der Waals surface area contributed by atoms with E-state index in [2.05, 4.69) is 9.97 Å². The molecule has 0 saturated carbocycles. The average molecular weight is 245 g/mol. The summed E-state index contributed by atoms with van der Waals surface area (Å²) in [6.45, 7) is 1.57. The number of primary amides is 1. The van der Waals surface area contributed by atoms with Crippen molar-refractivity contribution in [3.05, 3.63) is 18.1 Å². The molecule has 94 valence electrons. The molecular weight excluding hydrogens is 230 g/mol. The van der Waals surface area contributed by atoms with Gasteiger partial charge in [0.15, 0.2) is 11.5 Å². The Hall–Kier alpha value is -2.16. The van der Waals surface area contributed by atoms with Gasteiger partial charge >= 0.3 is 0 Å². The van der Waals surface area contributed by atoms with Gasteiger partial charge in [-0.15, -0.1) is 0 Å². The van der Waals surface area contributed by atoms with E-state index in [0.717, 1.165) is 25.9 Å². The van der Waals surface area contributed by atoms with Crippen LogP contribution in [0, 0.1) is 17.2 Å². The van der Waals surface area contributed by atoms with E-state index in [-0.39, 0.29) is 5.91 Å². The largest absolute Gasteiger partial charge is 0.370 e. The predicted molar refractivity (Wildman–Crippen MR) is 65.5 cm³/mol. The third kappa shape index (κ3) is 2.74. The number of rotatable bonds is 3. The van der Waals surface area contributed by atoms with Crippen LogP contribution in [0.3, 0.4) is 0 Å². The molecule has 0 spiro atoms. The summed E-state index contributed by atoms with van der Waals surface area (Å²) in [7, 11) is 0. The van der Waals surface area contributed by atoms with E-state index in [1.165, 1.54) is 6.20 Å². The molecule has 18 heavy (non-hydrogen) atoms. The van der Waals surface area contributed by atoms with Crippen molar-refractivity contribution < 1.29 is 4.79 Å². The zero-order valence-electron chi connectivity index (χ0n) is 10.0. The molecule has 1 aliphatic rings. The smallest absolute Gasteiger partial charge is 0.217 e. The molecule has 0 aliphatic carbocycles. The lowest BCUT2D eigenvalue weighted by Crippen LogP contribution is -2.36. The number of nitrogens with two attached hydrogens (primary N) is 1. The third-order valence-electron chi connectivity index (χ3n) is 3.19. The number of hydrogen-bond donors (Lipinski definition) is 1. The number of aromatic nitrogens is 2. The Morgan fingerprint density at radius 3 is 2.72 bits per heavy atom. The van der Waals surface area contributed by atoms with Crippen LogP contribution >= 0.6 is 0 Å². The van der Waals surface area contributed by atoms with Crippen LogP contribution in [-0.2, 0) is 4.79 Å². The number of carbonyl (C=O) groups excluding carboxylic acids is 1. The van der Waals surface area contributed by atoms with Gasteiger partial charge in [0.1, 0.15) is 6.07 Å². The fourth-order valence-corrected chi connectivity index (χ4v) is 2.27. The molecule has 1 amide bonds. The zero-order chi connectivity index (χ0) is 13.0. The van der Waals surface area contributed by atoms with Crippen LogP contribution in [0.15, 0.2) is 12.4 Å². The maximum atomic E-state index is 10.9. The Bertz CT molecular complexity index is 474. The summed E-state index contributed by atoms with van der Waals surface area (Å²) < 4.78 is 0. The Balaban J connectivity index is 2.01. The quantitative estimate of drug-likeness (QED) is 0.833. The number of anilines is 1. The molecule has 1 saturated heterocycles. The van der Waals surface area contributed by atoms with Crippen molar-refractivity contribution in [2.24, 2.45) is 11.7 Å². The summed E-state index contributed by atoms with van der Waals surface area (Å²) in [6.07, 6.45) is 5.34. The number of nitrogens with zero attached hydrogens (tertiary/aromatic N) is 4. The topological polar surface area (TPSA) is 95.9 Å². The second kappa shape index (κ2) is 5.45. The van der Waals surface area contributed by atoms with Gasteiger partial charge in [-0.3, -0.25) is 4.79 Å². The summed E-state index contributed by atoms with van der Waals surface area (Å²) >= 11 is 0. The minimum Gasteiger partial charge on any atom is -0.370 e. The number of nitriles is 1. The van der Waals surface area contributed by atoms with Gasteiger partial charge in [-0.05, 0) is 18.8 Å². The molecule has 0 aromatic carbocycles. The van der Waals surface area contributed by atoms with E-state index < -0.39 is 0 Å². The van der Waals surface area contributed by atoms with E-state index in [1.54, 1.807) is 6.20 Å². The van der Waals surface area contributed by atoms with Gasteiger partial charge in [-0.1, -0.05) is 0 Å². The highest BCUT2D eigenvalue weighted by Gasteiger charge is 2.23. The molecule has 0 bridgehead atoms. The third-order valence-corrected chi connectivity index (χ3v) is 3.19. The molecule has 0 radical (unpaired) electrons. The summed E-state index contributed by atoms with van der Waals surface area (Å²) in [6, 6.07) is 2.05. The highest BCUT2D eigenvalue weighted by Crippen LogP contribution is 2.24. The standard InChI is InChI=1S/C12H15N5O/c13-8-10-12(16-4-3-15-10)17-5-1-9(2-6-17)7-11(14)18/h3-4,9H,1-2,5-7H2,(H2,14,18). The van der Waals surface area contributed by atoms with Gasteiger partial charge in [0.05, 0.1) is 0 Å². The first-order chi connectivity index (χ1) is 8.70. The Labute approximate surface area is 105 Å². The number of amides is 1.